The van der Waals surface area contributed by atoms with E-state index in [0.29, 0.717) is 15.7 Å². The molecule has 0 radical (unpaired) electrons. The van der Waals surface area contributed by atoms with Crippen LogP contribution < -0.4 is 0 Å². The molecule has 2 aromatic heterocycles. The summed E-state index contributed by atoms with van der Waals surface area (Å²) >= 11 is 14.0. The summed E-state index contributed by atoms with van der Waals surface area (Å²) in [5.74, 6) is 0. The summed E-state index contributed by atoms with van der Waals surface area (Å²) in [4.78, 5) is 4.49. The van der Waals surface area contributed by atoms with Crippen molar-refractivity contribution < 1.29 is 0 Å². The molecule has 2 aromatic rings. The normalized spacial score (nSPS) is 11.0. The van der Waals surface area contributed by atoms with Crippen LogP contribution in [0.3, 0.4) is 0 Å². The molecule has 2 rings (SSSR count). The van der Waals surface area contributed by atoms with Gasteiger partial charge in [0.05, 0.1) is 16.4 Å². The Morgan fingerprint density at radius 2 is 1.89 bits per heavy atom. The highest BCUT2D eigenvalue weighted by atomic mass is 35.5. The van der Waals surface area contributed by atoms with Crippen molar-refractivity contribution in [3.05, 3.63) is 27.4 Å². The lowest BCUT2D eigenvalue weighted by Gasteiger charge is -2.05. The van der Waals surface area contributed by atoms with E-state index in [2.05, 4.69) is 10.1 Å². The molecular weight excluding hydrogens is 289 g/mol. The van der Waals surface area contributed by atoms with E-state index >= 15 is 0 Å². The van der Waals surface area contributed by atoms with Crippen molar-refractivity contribution in [2.45, 2.75) is 18.9 Å². The Hall–Kier alpha value is -0.710. The van der Waals surface area contributed by atoms with E-state index in [1.807, 2.05) is 33.2 Å². The lowest BCUT2D eigenvalue weighted by molar-refractivity contribution is 0.701. The minimum Gasteiger partial charge on any atom is -0.260 e. The lowest BCUT2D eigenvalue weighted by atomic mass is 10.1. The number of hydrogen-bond acceptors (Lipinski definition) is 3. The molecule has 0 atom stereocenters. The smallest absolute Gasteiger partial charge is 0.131 e. The molecule has 0 unspecified atom stereocenters. The van der Waals surface area contributed by atoms with Gasteiger partial charge in [0, 0.05) is 7.05 Å². The molecule has 0 aliphatic heterocycles. The molecule has 6 heteroatoms. The highest BCUT2D eigenvalue weighted by Gasteiger charge is 2.18. The topological polar surface area (TPSA) is 30.7 Å². The van der Waals surface area contributed by atoms with Crippen LogP contribution in [0.5, 0.6) is 0 Å². The fourth-order valence-corrected chi connectivity index (χ4v) is 3.04. The monoisotopic (exact) mass is 301 g/mol. The second-order valence-electron chi connectivity index (χ2n) is 4.02. The zero-order valence-corrected chi connectivity index (χ0v) is 12.9. The van der Waals surface area contributed by atoms with E-state index in [9.17, 15) is 0 Å². The Kier molecular flexibility index (Phi) is 3.90. The number of hydrogen-bond donors (Lipinski definition) is 0. The Balaban J connectivity index is 2.66. The highest BCUT2D eigenvalue weighted by molar-refractivity contribution is 7.98. The van der Waals surface area contributed by atoms with Crippen LogP contribution in [0.4, 0.5) is 0 Å². The fourth-order valence-electron chi connectivity index (χ4n) is 1.77. The Morgan fingerprint density at radius 1 is 1.22 bits per heavy atom. The van der Waals surface area contributed by atoms with Crippen LogP contribution in [-0.2, 0) is 7.05 Å². The molecule has 3 nitrogen and oxygen atoms in total. The first kappa shape index (κ1) is 13.7. The maximum absolute atomic E-state index is 6.35. The van der Waals surface area contributed by atoms with Gasteiger partial charge in [-0.2, -0.15) is 5.10 Å². The summed E-state index contributed by atoms with van der Waals surface area (Å²) < 4.78 is 1.77. The molecular formula is C12H13Cl2N3S. The van der Waals surface area contributed by atoms with Gasteiger partial charge in [0.2, 0.25) is 0 Å². The second kappa shape index (κ2) is 5.11. The molecule has 0 N–H and O–H groups in total. The van der Waals surface area contributed by atoms with Gasteiger partial charge in [-0.15, -0.1) is 11.8 Å². The van der Waals surface area contributed by atoms with E-state index in [1.54, 1.807) is 16.4 Å². The molecule has 96 valence electrons. The first-order chi connectivity index (χ1) is 8.45. The maximum atomic E-state index is 6.35. The summed E-state index contributed by atoms with van der Waals surface area (Å²) in [6.45, 7) is 3.83. The van der Waals surface area contributed by atoms with Gasteiger partial charge in [-0.3, -0.25) is 4.68 Å². The molecule has 0 aliphatic rings. The third-order valence-electron chi connectivity index (χ3n) is 2.70. The number of aryl methyl sites for hydroxylation is 3. The molecule has 18 heavy (non-hydrogen) atoms. The van der Waals surface area contributed by atoms with Gasteiger partial charge in [0.1, 0.15) is 15.7 Å². The standard InChI is InChI=1S/C12H13Cl2N3S/c1-6-5-8(13)7(2)15-10(6)11-9(14)12(18-4)17(3)16-11/h5H,1-4H3. The van der Waals surface area contributed by atoms with Gasteiger partial charge in [0.25, 0.3) is 0 Å². The van der Waals surface area contributed by atoms with Crippen LogP contribution in [-0.4, -0.2) is 21.0 Å². The quantitative estimate of drug-likeness (QED) is 0.782. The summed E-state index contributed by atoms with van der Waals surface area (Å²) in [5, 5.41) is 6.67. The number of pyridine rings is 1. The zero-order valence-electron chi connectivity index (χ0n) is 10.6. The SMILES string of the molecule is CSc1c(Cl)c(-c2nc(C)c(Cl)cc2C)nn1C. The number of aromatic nitrogens is 3. The van der Waals surface area contributed by atoms with Gasteiger partial charge in [-0.05, 0) is 31.7 Å². The van der Waals surface area contributed by atoms with Crippen LogP contribution in [0.1, 0.15) is 11.3 Å². The molecule has 0 amide bonds. The Labute approximate surface area is 121 Å². The van der Waals surface area contributed by atoms with Crippen molar-refractivity contribution in [3.8, 4) is 11.4 Å². The Morgan fingerprint density at radius 3 is 2.44 bits per heavy atom. The number of thioether (sulfide) groups is 1. The summed E-state index contributed by atoms with van der Waals surface area (Å²) in [6.07, 6.45) is 1.97. The van der Waals surface area contributed by atoms with E-state index in [-0.39, 0.29) is 0 Å². The van der Waals surface area contributed by atoms with Gasteiger partial charge in [-0.25, -0.2) is 4.98 Å². The van der Waals surface area contributed by atoms with Crippen LogP contribution in [0.2, 0.25) is 10.0 Å². The van der Waals surface area contributed by atoms with Crippen molar-refractivity contribution >= 4 is 35.0 Å². The largest absolute Gasteiger partial charge is 0.260 e. The van der Waals surface area contributed by atoms with E-state index < -0.39 is 0 Å². The van der Waals surface area contributed by atoms with Crippen molar-refractivity contribution in [2.75, 3.05) is 6.26 Å². The maximum Gasteiger partial charge on any atom is 0.131 e. The molecule has 0 aliphatic carbocycles. The minimum absolute atomic E-state index is 0.641. The predicted molar refractivity (Wildman–Crippen MR) is 77.7 cm³/mol. The van der Waals surface area contributed by atoms with Crippen LogP contribution in [0.25, 0.3) is 11.4 Å². The average Bonchev–Trinajstić information content (AvgIpc) is 2.59. The highest BCUT2D eigenvalue weighted by Crippen LogP contribution is 2.35. The molecule has 0 spiro atoms. The molecule has 2 heterocycles. The zero-order chi connectivity index (χ0) is 13.4. The lowest BCUT2D eigenvalue weighted by Crippen LogP contribution is -1.95. The minimum atomic E-state index is 0.641. The molecule has 0 saturated carbocycles. The van der Waals surface area contributed by atoms with Gasteiger partial charge >= 0.3 is 0 Å². The van der Waals surface area contributed by atoms with Crippen LogP contribution in [0, 0.1) is 13.8 Å². The predicted octanol–water partition coefficient (Wildman–Crippen LogP) is 4.13. The first-order valence-corrected chi connectivity index (χ1v) is 7.34. The summed E-state index contributed by atoms with van der Waals surface area (Å²) in [7, 11) is 1.87. The van der Waals surface area contributed by atoms with E-state index in [1.165, 1.54) is 0 Å². The van der Waals surface area contributed by atoms with Crippen molar-refractivity contribution in [1.29, 1.82) is 0 Å². The van der Waals surface area contributed by atoms with Crippen molar-refractivity contribution in [3.63, 3.8) is 0 Å². The second-order valence-corrected chi connectivity index (χ2v) is 5.60. The molecule has 0 fully saturated rings. The first-order valence-electron chi connectivity index (χ1n) is 5.36. The van der Waals surface area contributed by atoms with Gasteiger partial charge in [-0.1, -0.05) is 23.2 Å². The average molecular weight is 302 g/mol. The van der Waals surface area contributed by atoms with Crippen molar-refractivity contribution in [2.24, 2.45) is 7.05 Å². The summed E-state index contributed by atoms with van der Waals surface area (Å²) in [6, 6.07) is 1.89. The van der Waals surface area contributed by atoms with Gasteiger partial charge < -0.3 is 0 Å². The number of nitrogens with zero attached hydrogens (tertiary/aromatic N) is 3. The van der Waals surface area contributed by atoms with Crippen LogP contribution >= 0.6 is 35.0 Å². The fraction of sp³-hybridized carbons (Fsp3) is 0.333. The van der Waals surface area contributed by atoms with E-state index in [4.69, 9.17) is 23.2 Å². The number of rotatable bonds is 2. The van der Waals surface area contributed by atoms with Crippen molar-refractivity contribution in [1.82, 2.24) is 14.8 Å². The molecule has 0 saturated heterocycles. The third kappa shape index (κ3) is 2.25. The summed E-state index contributed by atoms with van der Waals surface area (Å²) in [5.41, 5.74) is 3.25. The van der Waals surface area contributed by atoms with E-state index in [0.717, 1.165) is 22.0 Å². The van der Waals surface area contributed by atoms with Crippen LogP contribution in [0.15, 0.2) is 11.1 Å². The third-order valence-corrected chi connectivity index (χ3v) is 4.41. The van der Waals surface area contributed by atoms with Gasteiger partial charge in [0.15, 0.2) is 0 Å². The molecule has 0 bridgehead atoms. The molecule has 0 aromatic carbocycles. The Bertz CT molecular complexity index is 608. The number of halogens is 2.